The summed E-state index contributed by atoms with van der Waals surface area (Å²) in [4.78, 5) is 0. The number of hydrogen-bond acceptors (Lipinski definition) is 2. The number of hydrazone groups is 1. The molecule has 2 nitrogen and oxygen atoms in total. The maximum Gasteiger partial charge on any atom is 0.0978 e. The minimum absolute atomic E-state index is 0.915. The third-order valence-corrected chi connectivity index (χ3v) is 1.44. The molecular formula is C10H12N2. The molecule has 0 fully saturated rings. The highest BCUT2D eigenvalue weighted by atomic mass is 15.3. The number of nitrogens with one attached hydrogen (secondary N) is 1. The lowest BCUT2D eigenvalue weighted by Gasteiger charge is -2.02. The summed E-state index contributed by atoms with van der Waals surface area (Å²) in [7, 11) is 1.78. The largest absolute Gasteiger partial charge is 0.313 e. The summed E-state index contributed by atoms with van der Waals surface area (Å²) in [5.41, 5.74) is 7.78. The molecule has 0 bridgehead atoms. The zero-order valence-electron chi connectivity index (χ0n) is 7.33. The van der Waals surface area contributed by atoms with Gasteiger partial charge in [0.25, 0.3) is 0 Å². The first-order chi connectivity index (χ1) is 5.88. The van der Waals surface area contributed by atoms with Gasteiger partial charge in [0, 0.05) is 12.6 Å². The minimum Gasteiger partial charge on any atom is -0.313 e. The minimum atomic E-state index is 0.915. The number of nitrogens with zero attached hydrogens (tertiary/aromatic N) is 1. The average Bonchev–Trinajstić information content (AvgIpc) is 2.09. The van der Waals surface area contributed by atoms with Crippen molar-refractivity contribution in [2.75, 3.05) is 7.05 Å². The summed E-state index contributed by atoms with van der Waals surface area (Å²) in [5.74, 6) is 0. The first-order valence-corrected chi connectivity index (χ1v) is 3.89. The quantitative estimate of drug-likeness (QED) is 0.459. The van der Waals surface area contributed by atoms with Crippen LogP contribution in [0.25, 0.3) is 0 Å². The molecule has 1 aliphatic rings. The third kappa shape index (κ3) is 1.97. The van der Waals surface area contributed by atoms with Crippen LogP contribution >= 0.6 is 0 Å². The first-order valence-electron chi connectivity index (χ1n) is 3.89. The van der Waals surface area contributed by atoms with Crippen molar-refractivity contribution in [2.24, 2.45) is 5.10 Å². The first kappa shape index (κ1) is 8.57. The zero-order chi connectivity index (χ0) is 8.81. The van der Waals surface area contributed by atoms with Crippen molar-refractivity contribution in [2.45, 2.75) is 6.92 Å². The topological polar surface area (TPSA) is 24.4 Å². The monoisotopic (exact) mass is 160 g/mol. The Bertz CT molecular complexity index is 300. The van der Waals surface area contributed by atoms with Gasteiger partial charge in [-0.1, -0.05) is 12.2 Å². The highest BCUT2D eigenvalue weighted by Crippen LogP contribution is 2.05. The van der Waals surface area contributed by atoms with Gasteiger partial charge in [0.15, 0.2) is 0 Å². The van der Waals surface area contributed by atoms with E-state index in [1.54, 1.807) is 7.05 Å². The summed E-state index contributed by atoms with van der Waals surface area (Å²) in [6.07, 6.45) is 9.74. The average molecular weight is 160 g/mol. The van der Waals surface area contributed by atoms with Gasteiger partial charge in [0.1, 0.15) is 0 Å². The molecule has 1 aliphatic carbocycles. The highest BCUT2D eigenvalue weighted by Gasteiger charge is 2.01. The lowest BCUT2D eigenvalue weighted by molar-refractivity contribution is 0.902. The summed E-state index contributed by atoms with van der Waals surface area (Å²) >= 11 is 0. The van der Waals surface area contributed by atoms with Gasteiger partial charge in [-0.05, 0) is 25.2 Å². The van der Waals surface area contributed by atoms with Crippen LogP contribution in [0.5, 0.6) is 0 Å². The zero-order valence-corrected chi connectivity index (χ0v) is 7.33. The SMILES string of the molecule is CC=C=C1C=CC=C/C1=N/NC. The van der Waals surface area contributed by atoms with Crippen molar-refractivity contribution >= 4 is 5.71 Å². The van der Waals surface area contributed by atoms with Crippen LogP contribution in [0.15, 0.2) is 46.8 Å². The van der Waals surface area contributed by atoms with Gasteiger partial charge >= 0.3 is 0 Å². The van der Waals surface area contributed by atoms with E-state index >= 15 is 0 Å². The van der Waals surface area contributed by atoms with E-state index in [0.717, 1.165) is 11.3 Å². The van der Waals surface area contributed by atoms with Crippen molar-refractivity contribution in [1.82, 2.24) is 5.43 Å². The fourth-order valence-corrected chi connectivity index (χ4v) is 0.969. The van der Waals surface area contributed by atoms with Gasteiger partial charge < -0.3 is 5.43 Å². The van der Waals surface area contributed by atoms with Crippen LogP contribution in [0.3, 0.4) is 0 Å². The molecule has 0 unspecified atom stereocenters. The smallest absolute Gasteiger partial charge is 0.0978 e. The Balaban J connectivity index is 3.01. The fraction of sp³-hybridized carbons (Fsp3) is 0.200. The van der Waals surface area contributed by atoms with E-state index in [4.69, 9.17) is 0 Å². The molecule has 0 saturated heterocycles. The van der Waals surface area contributed by atoms with Gasteiger partial charge in [-0.25, -0.2) is 0 Å². The molecule has 0 spiro atoms. The summed E-state index contributed by atoms with van der Waals surface area (Å²) in [6.45, 7) is 1.94. The molecule has 2 heteroatoms. The van der Waals surface area contributed by atoms with E-state index in [0.29, 0.717) is 0 Å². The molecule has 0 aromatic heterocycles. The van der Waals surface area contributed by atoms with Gasteiger partial charge in [-0.15, -0.1) is 5.73 Å². The van der Waals surface area contributed by atoms with Crippen LogP contribution in [0.2, 0.25) is 0 Å². The molecule has 0 aromatic carbocycles. The lowest BCUT2D eigenvalue weighted by atomic mass is 10.1. The van der Waals surface area contributed by atoms with Gasteiger partial charge in [-0.3, -0.25) is 0 Å². The predicted octanol–water partition coefficient (Wildman–Crippen LogP) is 1.79. The summed E-state index contributed by atoms with van der Waals surface area (Å²) in [5, 5.41) is 4.09. The molecular weight excluding hydrogens is 148 g/mol. The highest BCUT2D eigenvalue weighted by molar-refractivity contribution is 6.11. The Hall–Kier alpha value is -1.53. The van der Waals surface area contributed by atoms with Crippen molar-refractivity contribution in [3.05, 3.63) is 41.7 Å². The summed E-state index contributed by atoms with van der Waals surface area (Å²) < 4.78 is 0. The predicted molar refractivity (Wildman–Crippen MR) is 52.0 cm³/mol. The molecule has 0 amide bonds. The van der Waals surface area contributed by atoms with Crippen molar-refractivity contribution in [1.29, 1.82) is 0 Å². The maximum atomic E-state index is 4.09. The molecule has 12 heavy (non-hydrogen) atoms. The molecule has 0 saturated carbocycles. The van der Waals surface area contributed by atoms with E-state index in [-0.39, 0.29) is 0 Å². The lowest BCUT2D eigenvalue weighted by Crippen LogP contribution is -2.05. The van der Waals surface area contributed by atoms with Crippen LogP contribution in [0, 0.1) is 0 Å². The van der Waals surface area contributed by atoms with Crippen molar-refractivity contribution in [3.8, 4) is 0 Å². The Kier molecular flexibility index (Phi) is 3.12. The van der Waals surface area contributed by atoms with E-state index in [1.165, 1.54) is 0 Å². The Morgan fingerprint density at radius 3 is 2.83 bits per heavy atom. The number of rotatable bonds is 1. The standard InChI is InChI=1S/C10H12N2/c1-3-6-9-7-4-5-8-10(9)12-11-2/h3-5,7-8,11H,1-2H3/b12-10-. The molecule has 0 radical (unpaired) electrons. The van der Waals surface area contributed by atoms with E-state index in [2.05, 4.69) is 16.3 Å². The number of hydrogen-bond donors (Lipinski definition) is 1. The molecule has 0 aromatic rings. The van der Waals surface area contributed by atoms with Crippen LogP contribution in [-0.4, -0.2) is 12.8 Å². The fourth-order valence-electron chi connectivity index (χ4n) is 0.969. The van der Waals surface area contributed by atoms with Gasteiger partial charge in [-0.2, -0.15) is 5.10 Å². The van der Waals surface area contributed by atoms with Crippen LogP contribution < -0.4 is 5.43 Å². The second kappa shape index (κ2) is 4.37. The van der Waals surface area contributed by atoms with Crippen molar-refractivity contribution in [3.63, 3.8) is 0 Å². The van der Waals surface area contributed by atoms with Gasteiger partial charge in [0.05, 0.1) is 5.71 Å². The Labute approximate surface area is 72.7 Å². The third-order valence-electron chi connectivity index (χ3n) is 1.44. The van der Waals surface area contributed by atoms with E-state index in [1.807, 2.05) is 37.3 Å². The van der Waals surface area contributed by atoms with Crippen LogP contribution in [-0.2, 0) is 0 Å². The Morgan fingerprint density at radius 2 is 2.17 bits per heavy atom. The van der Waals surface area contributed by atoms with Gasteiger partial charge in [0.2, 0.25) is 0 Å². The van der Waals surface area contributed by atoms with Crippen molar-refractivity contribution < 1.29 is 0 Å². The maximum absolute atomic E-state index is 4.09. The Morgan fingerprint density at radius 1 is 1.42 bits per heavy atom. The van der Waals surface area contributed by atoms with E-state index < -0.39 is 0 Å². The molecule has 1 rings (SSSR count). The van der Waals surface area contributed by atoms with Crippen LogP contribution in [0.1, 0.15) is 6.92 Å². The van der Waals surface area contributed by atoms with E-state index in [9.17, 15) is 0 Å². The molecule has 1 N–H and O–H groups in total. The molecule has 62 valence electrons. The second-order valence-corrected chi connectivity index (χ2v) is 2.29. The molecule has 0 aliphatic heterocycles. The molecule has 0 atom stereocenters. The summed E-state index contributed by atoms with van der Waals surface area (Å²) in [6, 6.07) is 0. The number of allylic oxidation sites excluding steroid dienone is 5. The second-order valence-electron chi connectivity index (χ2n) is 2.29. The molecule has 0 heterocycles. The van der Waals surface area contributed by atoms with Crippen LogP contribution in [0.4, 0.5) is 0 Å². The normalized spacial score (nSPS) is 17.8.